The van der Waals surface area contributed by atoms with Crippen molar-refractivity contribution in [3.8, 4) is 22.3 Å². The summed E-state index contributed by atoms with van der Waals surface area (Å²) >= 11 is 0. The highest BCUT2D eigenvalue weighted by atomic mass is 14.5. The van der Waals surface area contributed by atoms with Crippen molar-refractivity contribution in [1.29, 1.82) is 0 Å². The van der Waals surface area contributed by atoms with Crippen LogP contribution in [0.2, 0.25) is 0 Å². The molecule has 0 heterocycles. The second-order valence-corrected chi connectivity index (χ2v) is 10.1. The largest absolute Gasteiger partial charge is 0.399 e. The van der Waals surface area contributed by atoms with Crippen LogP contribution in [-0.2, 0) is 12.8 Å². The molecule has 0 aromatic heterocycles. The van der Waals surface area contributed by atoms with E-state index in [0.717, 1.165) is 18.5 Å². The van der Waals surface area contributed by atoms with Crippen LogP contribution < -0.4 is 5.73 Å². The van der Waals surface area contributed by atoms with Crippen LogP contribution in [0, 0.1) is 27.7 Å². The van der Waals surface area contributed by atoms with Gasteiger partial charge in [-0.05, 0) is 119 Å². The molecule has 2 aliphatic carbocycles. The molecule has 0 aliphatic heterocycles. The molecular weight excluding hydrogens is 446 g/mol. The summed E-state index contributed by atoms with van der Waals surface area (Å²) in [6.07, 6.45) is 2.22. The first-order valence-electron chi connectivity index (χ1n) is 13.1. The maximum Gasteiger partial charge on any atom is 0.0313 e. The average Bonchev–Trinajstić information content (AvgIpc) is 3.49. The number of benzene rings is 5. The molecule has 2 N–H and O–H groups in total. The van der Waals surface area contributed by atoms with Crippen molar-refractivity contribution in [2.75, 3.05) is 5.73 Å². The minimum atomic E-state index is 0.822. The van der Waals surface area contributed by atoms with Gasteiger partial charge in [0.25, 0.3) is 0 Å². The van der Waals surface area contributed by atoms with E-state index in [1.165, 1.54) is 66.8 Å². The molecule has 0 radical (unpaired) electrons. The first-order chi connectivity index (χ1) is 17.9. The Morgan fingerprint density at radius 2 is 0.838 bits per heavy atom. The predicted molar refractivity (Wildman–Crippen MR) is 159 cm³/mol. The number of aryl methyl sites for hydroxylation is 2. The zero-order chi connectivity index (χ0) is 25.9. The SMILES string of the molecule is Cc1ccc2c(c1C)Cc1ccccc1-2.Cc1ccc2c(c1C)Cc1ccccc1-2.Nc1ccccc1. The number of para-hydroxylation sites is 1. The van der Waals surface area contributed by atoms with E-state index in [0.29, 0.717) is 0 Å². The van der Waals surface area contributed by atoms with Crippen molar-refractivity contribution >= 4 is 5.69 Å². The number of hydrogen-bond acceptors (Lipinski definition) is 1. The molecule has 0 spiro atoms. The Hall–Kier alpha value is -4.10. The van der Waals surface area contributed by atoms with Gasteiger partial charge >= 0.3 is 0 Å². The van der Waals surface area contributed by atoms with E-state index in [9.17, 15) is 0 Å². The van der Waals surface area contributed by atoms with Gasteiger partial charge in [-0.1, -0.05) is 91.0 Å². The highest BCUT2D eigenvalue weighted by Gasteiger charge is 2.20. The number of hydrogen-bond donors (Lipinski definition) is 1. The van der Waals surface area contributed by atoms with Gasteiger partial charge in [-0.3, -0.25) is 0 Å². The lowest BCUT2D eigenvalue weighted by Crippen LogP contribution is -1.89. The van der Waals surface area contributed by atoms with Gasteiger partial charge in [0.15, 0.2) is 0 Å². The Balaban J connectivity index is 0.000000122. The lowest BCUT2D eigenvalue weighted by atomic mass is 9.98. The fraction of sp³-hybridized carbons (Fsp3) is 0.167. The number of anilines is 1. The third-order valence-corrected chi connectivity index (χ3v) is 7.89. The smallest absolute Gasteiger partial charge is 0.0313 e. The molecule has 1 nitrogen and oxygen atoms in total. The average molecular weight is 482 g/mol. The molecule has 0 fully saturated rings. The Labute approximate surface area is 221 Å². The van der Waals surface area contributed by atoms with Gasteiger partial charge in [-0.2, -0.15) is 0 Å². The molecule has 7 rings (SSSR count). The highest BCUT2D eigenvalue weighted by molar-refractivity contribution is 5.79. The normalized spacial score (nSPS) is 11.7. The van der Waals surface area contributed by atoms with Crippen molar-refractivity contribution in [3.63, 3.8) is 0 Å². The van der Waals surface area contributed by atoms with Crippen LogP contribution in [0.15, 0.2) is 103 Å². The van der Waals surface area contributed by atoms with Crippen LogP contribution in [-0.4, -0.2) is 0 Å². The summed E-state index contributed by atoms with van der Waals surface area (Å²) < 4.78 is 0. The lowest BCUT2D eigenvalue weighted by Gasteiger charge is -2.06. The maximum atomic E-state index is 5.36. The summed E-state index contributed by atoms with van der Waals surface area (Å²) in [5.41, 5.74) is 23.6. The van der Waals surface area contributed by atoms with Gasteiger partial charge in [0, 0.05) is 5.69 Å². The monoisotopic (exact) mass is 481 g/mol. The first-order valence-corrected chi connectivity index (χ1v) is 13.1. The van der Waals surface area contributed by atoms with Crippen LogP contribution in [0.5, 0.6) is 0 Å². The number of nitrogens with two attached hydrogens (primary N) is 1. The third kappa shape index (κ3) is 4.95. The molecule has 0 saturated carbocycles. The van der Waals surface area contributed by atoms with Crippen molar-refractivity contribution < 1.29 is 0 Å². The minimum Gasteiger partial charge on any atom is -0.399 e. The summed E-state index contributed by atoms with van der Waals surface area (Å²) in [4.78, 5) is 0. The van der Waals surface area contributed by atoms with Crippen molar-refractivity contribution in [1.82, 2.24) is 0 Å². The molecular formula is C36H35N. The molecule has 2 aliphatic rings. The van der Waals surface area contributed by atoms with Crippen LogP contribution >= 0.6 is 0 Å². The van der Waals surface area contributed by atoms with Gasteiger partial charge in [0.1, 0.15) is 0 Å². The van der Waals surface area contributed by atoms with E-state index in [2.05, 4.69) is 100 Å². The van der Waals surface area contributed by atoms with Crippen LogP contribution in [0.4, 0.5) is 5.69 Å². The molecule has 37 heavy (non-hydrogen) atoms. The van der Waals surface area contributed by atoms with E-state index < -0.39 is 0 Å². The second kappa shape index (κ2) is 10.5. The van der Waals surface area contributed by atoms with Crippen LogP contribution in [0.1, 0.15) is 44.5 Å². The standard InChI is InChI=1S/2C15H14.C6H7N/c2*1-10-7-8-14-13-6-4-3-5-12(13)9-15(14)11(10)2;7-6-4-2-1-3-5-6/h2*3-8H,9H2,1-2H3;1-5H,7H2. The summed E-state index contributed by atoms with van der Waals surface area (Å²) in [5.74, 6) is 0. The lowest BCUT2D eigenvalue weighted by molar-refractivity contribution is 1.19. The Bertz CT molecular complexity index is 1460. The second-order valence-electron chi connectivity index (χ2n) is 10.1. The summed E-state index contributed by atoms with van der Waals surface area (Å²) in [5, 5.41) is 0. The van der Waals surface area contributed by atoms with Crippen molar-refractivity contribution in [2.45, 2.75) is 40.5 Å². The molecule has 0 bridgehead atoms. The van der Waals surface area contributed by atoms with Crippen molar-refractivity contribution in [3.05, 3.63) is 148 Å². The molecule has 0 atom stereocenters. The molecule has 1 heteroatoms. The Morgan fingerprint density at radius 3 is 1.24 bits per heavy atom. The van der Waals surface area contributed by atoms with E-state index in [1.807, 2.05) is 30.3 Å². The topological polar surface area (TPSA) is 26.0 Å². The zero-order valence-corrected chi connectivity index (χ0v) is 22.3. The molecule has 0 amide bonds. The first kappa shape index (κ1) is 24.6. The van der Waals surface area contributed by atoms with Gasteiger partial charge < -0.3 is 5.73 Å². The summed E-state index contributed by atoms with van der Waals surface area (Å²) in [7, 11) is 0. The molecule has 0 saturated heterocycles. The number of nitrogen functional groups attached to an aromatic ring is 1. The predicted octanol–water partition coefficient (Wildman–Crippen LogP) is 9.02. The van der Waals surface area contributed by atoms with Gasteiger partial charge in [-0.25, -0.2) is 0 Å². The van der Waals surface area contributed by atoms with E-state index in [4.69, 9.17) is 5.73 Å². The Morgan fingerprint density at radius 1 is 0.432 bits per heavy atom. The molecule has 0 unspecified atom stereocenters. The van der Waals surface area contributed by atoms with Crippen molar-refractivity contribution in [2.24, 2.45) is 0 Å². The van der Waals surface area contributed by atoms with E-state index in [-0.39, 0.29) is 0 Å². The van der Waals surface area contributed by atoms with Gasteiger partial charge in [-0.15, -0.1) is 0 Å². The Kier molecular flexibility index (Phi) is 6.97. The summed E-state index contributed by atoms with van der Waals surface area (Å²) in [6, 6.07) is 36.0. The van der Waals surface area contributed by atoms with E-state index >= 15 is 0 Å². The van der Waals surface area contributed by atoms with Gasteiger partial charge in [0.05, 0.1) is 0 Å². The summed E-state index contributed by atoms with van der Waals surface area (Å²) in [6.45, 7) is 8.86. The number of rotatable bonds is 0. The fourth-order valence-electron chi connectivity index (χ4n) is 5.42. The maximum absolute atomic E-state index is 5.36. The molecule has 5 aromatic rings. The van der Waals surface area contributed by atoms with Crippen LogP contribution in [0.25, 0.3) is 22.3 Å². The number of fused-ring (bicyclic) bond motifs is 6. The molecule has 5 aromatic carbocycles. The quantitative estimate of drug-likeness (QED) is 0.215. The third-order valence-electron chi connectivity index (χ3n) is 7.89. The highest BCUT2D eigenvalue weighted by Crippen LogP contribution is 2.39. The van der Waals surface area contributed by atoms with E-state index in [1.54, 1.807) is 0 Å². The van der Waals surface area contributed by atoms with Crippen LogP contribution in [0.3, 0.4) is 0 Å². The fourth-order valence-corrected chi connectivity index (χ4v) is 5.42. The minimum absolute atomic E-state index is 0.822. The van der Waals surface area contributed by atoms with Gasteiger partial charge in [0.2, 0.25) is 0 Å². The molecule has 184 valence electrons. The zero-order valence-electron chi connectivity index (χ0n) is 22.3.